The van der Waals surface area contributed by atoms with Crippen molar-refractivity contribution in [1.29, 1.82) is 0 Å². The maximum atomic E-state index is 13.6. The van der Waals surface area contributed by atoms with Gasteiger partial charge < -0.3 is 24.3 Å². The van der Waals surface area contributed by atoms with E-state index in [0.29, 0.717) is 34.0 Å². The summed E-state index contributed by atoms with van der Waals surface area (Å²) in [5, 5.41) is 3.38. The number of para-hydroxylation sites is 1. The molecule has 2 heterocycles. The first-order valence-electron chi connectivity index (χ1n) is 10.4. The van der Waals surface area contributed by atoms with Crippen molar-refractivity contribution in [3.8, 4) is 23.0 Å². The van der Waals surface area contributed by atoms with Crippen molar-refractivity contribution < 1.29 is 32.5 Å². The van der Waals surface area contributed by atoms with Gasteiger partial charge in [0, 0.05) is 11.8 Å². The van der Waals surface area contributed by atoms with Crippen molar-refractivity contribution in [1.82, 2.24) is 0 Å². The number of hydrogen-bond acceptors (Lipinski definition) is 6. The van der Waals surface area contributed by atoms with Gasteiger partial charge in [-0.05, 0) is 48.9 Å². The van der Waals surface area contributed by atoms with E-state index in [-0.39, 0.29) is 30.8 Å². The van der Waals surface area contributed by atoms with E-state index in [1.165, 1.54) is 6.07 Å². The van der Waals surface area contributed by atoms with Crippen LogP contribution < -0.4 is 29.2 Å². The Morgan fingerprint density at radius 1 is 1.06 bits per heavy atom. The Labute approximate surface area is 188 Å². The molecule has 1 unspecified atom stereocenters. The molecule has 0 saturated heterocycles. The molecule has 3 aromatic rings. The van der Waals surface area contributed by atoms with Crippen molar-refractivity contribution in [2.24, 2.45) is 0 Å². The molecule has 0 fully saturated rings. The van der Waals surface area contributed by atoms with Gasteiger partial charge in [-0.2, -0.15) is 8.78 Å². The molecule has 9 heteroatoms. The largest absolute Gasteiger partial charge is 0.490 e. The van der Waals surface area contributed by atoms with E-state index < -0.39 is 12.8 Å². The summed E-state index contributed by atoms with van der Waals surface area (Å²) in [5.41, 5.74) is 2.38. The van der Waals surface area contributed by atoms with Crippen LogP contribution >= 0.6 is 0 Å². The fourth-order valence-corrected chi connectivity index (χ4v) is 3.94. The molecule has 1 N–H and O–H groups in total. The van der Waals surface area contributed by atoms with Crippen LogP contribution in [0.3, 0.4) is 0 Å². The van der Waals surface area contributed by atoms with Gasteiger partial charge in [-0.15, -0.1) is 0 Å². The Morgan fingerprint density at radius 2 is 1.88 bits per heavy atom. The number of hydrogen-bond donors (Lipinski definition) is 1. The summed E-state index contributed by atoms with van der Waals surface area (Å²) in [5.74, 6) is 0.995. The zero-order chi connectivity index (χ0) is 22.9. The molecule has 2 aliphatic rings. The summed E-state index contributed by atoms with van der Waals surface area (Å²) in [6, 6.07) is 17.1. The smallest absolute Gasteiger partial charge is 0.387 e. The van der Waals surface area contributed by atoms with Crippen LogP contribution in [0.25, 0.3) is 0 Å². The van der Waals surface area contributed by atoms with Crippen molar-refractivity contribution in [2.75, 3.05) is 23.6 Å². The number of amides is 1. The molecule has 2 aliphatic heterocycles. The average molecular weight is 454 g/mol. The molecule has 1 amide bonds. The summed E-state index contributed by atoms with van der Waals surface area (Å²) >= 11 is 0. The van der Waals surface area contributed by atoms with Crippen molar-refractivity contribution in [3.05, 3.63) is 71.8 Å². The van der Waals surface area contributed by atoms with Crippen LogP contribution in [0.15, 0.2) is 60.7 Å². The number of anilines is 2. The molecule has 33 heavy (non-hydrogen) atoms. The highest BCUT2D eigenvalue weighted by molar-refractivity contribution is 6.12. The summed E-state index contributed by atoms with van der Waals surface area (Å²) in [4.78, 5) is 15.2. The number of carbonyl (C=O) groups is 1. The van der Waals surface area contributed by atoms with Gasteiger partial charge in [-0.25, -0.2) is 0 Å². The monoisotopic (exact) mass is 454 g/mol. The maximum absolute atomic E-state index is 13.6. The van der Waals surface area contributed by atoms with Gasteiger partial charge >= 0.3 is 6.61 Å². The number of halogens is 2. The fourth-order valence-electron chi connectivity index (χ4n) is 3.94. The minimum Gasteiger partial charge on any atom is -0.490 e. The quantitative estimate of drug-likeness (QED) is 0.553. The minimum absolute atomic E-state index is 0.0761. The molecule has 0 saturated carbocycles. The van der Waals surface area contributed by atoms with Gasteiger partial charge in [0.2, 0.25) is 6.79 Å². The molecular weight excluding hydrogens is 434 g/mol. The highest BCUT2D eigenvalue weighted by Gasteiger charge is 2.35. The number of fused-ring (bicyclic) bond motifs is 2. The third-order valence-electron chi connectivity index (χ3n) is 5.36. The fraction of sp³-hybridized carbons (Fsp3) is 0.208. The maximum Gasteiger partial charge on any atom is 0.387 e. The molecule has 0 spiro atoms. The van der Waals surface area contributed by atoms with Crippen LogP contribution in [0, 0.1) is 0 Å². The van der Waals surface area contributed by atoms with Crippen molar-refractivity contribution >= 4 is 17.3 Å². The second-order valence-electron chi connectivity index (χ2n) is 7.32. The molecule has 0 aromatic heterocycles. The van der Waals surface area contributed by atoms with Crippen LogP contribution in [0.4, 0.5) is 20.2 Å². The van der Waals surface area contributed by atoms with Gasteiger partial charge in [0.1, 0.15) is 6.17 Å². The zero-order valence-electron chi connectivity index (χ0n) is 17.6. The third-order valence-corrected chi connectivity index (χ3v) is 5.36. The Morgan fingerprint density at radius 3 is 2.70 bits per heavy atom. The Balaban J connectivity index is 1.60. The number of nitrogens with one attached hydrogen (secondary N) is 1. The lowest BCUT2D eigenvalue weighted by Gasteiger charge is -2.38. The average Bonchev–Trinajstić information content (AvgIpc) is 3.28. The van der Waals surface area contributed by atoms with Crippen LogP contribution in [-0.2, 0) is 0 Å². The number of rotatable bonds is 6. The molecule has 0 bridgehead atoms. The van der Waals surface area contributed by atoms with Crippen LogP contribution in [0.1, 0.15) is 29.0 Å². The Hall–Kier alpha value is -4.01. The highest BCUT2D eigenvalue weighted by atomic mass is 19.3. The number of nitrogens with zero attached hydrogens (tertiary/aromatic N) is 1. The second-order valence-corrected chi connectivity index (χ2v) is 7.32. The predicted octanol–water partition coefficient (Wildman–Crippen LogP) is 5.19. The van der Waals surface area contributed by atoms with E-state index in [2.05, 4.69) is 10.1 Å². The molecule has 1 atom stereocenters. The van der Waals surface area contributed by atoms with E-state index in [0.717, 1.165) is 0 Å². The van der Waals surface area contributed by atoms with E-state index in [1.54, 1.807) is 54.3 Å². The van der Waals surface area contributed by atoms with Gasteiger partial charge in [0.15, 0.2) is 23.0 Å². The summed E-state index contributed by atoms with van der Waals surface area (Å²) in [7, 11) is 0. The SMILES string of the molecule is CCOc1cc(C2Nc3ccccc3C(=O)N2c2ccc3c(c2)OCO3)ccc1OC(F)F. The molecular formula is C24H20F2N2O5. The molecule has 0 aliphatic carbocycles. The Kier molecular flexibility index (Phi) is 5.37. The van der Waals surface area contributed by atoms with Gasteiger partial charge in [0.05, 0.1) is 17.9 Å². The zero-order valence-corrected chi connectivity index (χ0v) is 17.6. The standard InChI is InChI=1S/C24H20F2N2O5/c1-2-30-20-11-14(7-9-19(20)33-24(25)26)22-27-17-6-4-3-5-16(17)23(29)28(22)15-8-10-18-21(12-15)32-13-31-18/h3-12,22,24,27H,2,13H2,1H3. The van der Waals surface area contributed by atoms with Crippen molar-refractivity contribution in [2.45, 2.75) is 19.7 Å². The first-order valence-corrected chi connectivity index (χ1v) is 10.4. The predicted molar refractivity (Wildman–Crippen MR) is 116 cm³/mol. The highest BCUT2D eigenvalue weighted by Crippen LogP contribution is 2.42. The van der Waals surface area contributed by atoms with E-state index in [9.17, 15) is 13.6 Å². The minimum atomic E-state index is -2.98. The number of ether oxygens (including phenoxy) is 4. The van der Waals surface area contributed by atoms with Crippen LogP contribution in [0.2, 0.25) is 0 Å². The third kappa shape index (κ3) is 3.86. The molecule has 3 aromatic carbocycles. The van der Waals surface area contributed by atoms with Crippen LogP contribution in [-0.4, -0.2) is 25.9 Å². The number of alkyl halides is 2. The molecule has 7 nitrogen and oxygen atoms in total. The normalized spacial score (nSPS) is 16.4. The Bertz CT molecular complexity index is 1200. The first kappa shape index (κ1) is 20.9. The number of carbonyl (C=O) groups excluding carboxylic acids is 1. The van der Waals surface area contributed by atoms with E-state index >= 15 is 0 Å². The van der Waals surface area contributed by atoms with E-state index in [4.69, 9.17) is 14.2 Å². The van der Waals surface area contributed by atoms with Gasteiger partial charge in [-0.1, -0.05) is 18.2 Å². The summed E-state index contributed by atoms with van der Waals surface area (Å²) in [6.45, 7) is -0.868. The van der Waals surface area contributed by atoms with Crippen LogP contribution in [0.5, 0.6) is 23.0 Å². The lowest BCUT2D eigenvalue weighted by atomic mass is 10.0. The lowest BCUT2D eigenvalue weighted by molar-refractivity contribution is -0.0514. The first-order chi connectivity index (χ1) is 16.0. The summed E-state index contributed by atoms with van der Waals surface area (Å²) in [6.07, 6.45) is -0.646. The summed E-state index contributed by atoms with van der Waals surface area (Å²) < 4.78 is 46.7. The molecule has 0 radical (unpaired) electrons. The van der Waals surface area contributed by atoms with Gasteiger partial charge in [0.25, 0.3) is 5.91 Å². The number of benzene rings is 3. The van der Waals surface area contributed by atoms with E-state index in [1.807, 2.05) is 12.1 Å². The molecule has 170 valence electrons. The van der Waals surface area contributed by atoms with Gasteiger partial charge in [-0.3, -0.25) is 9.69 Å². The van der Waals surface area contributed by atoms with Crippen molar-refractivity contribution in [3.63, 3.8) is 0 Å². The molecule has 5 rings (SSSR count). The lowest BCUT2D eigenvalue weighted by Crippen LogP contribution is -2.43. The second kappa shape index (κ2) is 8.50. The topological polar surface area (TPSA) is 69.3 Å².